The number of rotatable bonds is 7. The van der Waals surface area contributed by atoms with Gasteiger partial charge in [-0.25, -0.2) is 9.59 Å². The van der Waals surface area contributed by atoms with Gasteiger partial charge in [0, 0.05) is 13.2 Å². The minimum Gasteiger partial charge on any atom is -0.479 e. The first-order chi connectivity index (χ1) is 9.15. The normalized spacial score (nSPS) is 11.6. The summed E-state index contributed by atoms with van der Waals surface area (Å²) >= 11 is 0. The summed E-state index contributed by atoms with van der Waals surface area (Å²) in [6.07, 6.45) is 0. The van der Waals surface area contributed by atoms with Crippen LogP contribution in [0.1, 0.15) is 18.5 Å². The van der Waals surface area contributed by atoms with Crippen molar-refractivity contribution in [2.75, 3.05) is 19.8 Å². The lowest BCUT2D eigenvalue weighted by Crippen LogP contribution is -2.42. The Balaban J connectivity index is 2.51. The predicted molar refractivity (Wildman–Crippen MR) is 69.8 cm³/mol. The van der Waals surface area contributed by atoms with E-state index in [-0.39, 0.29) is 0 Å². The number of carbonyl (C=O) groups is 2. The van der Waals surface area contributed by atoms with Crippen molar-refractivity contribution >= 4 is 12.0 Å². The summed E-state index contributed by atoms with van der Waals surface area (Å²) in [6.45, 7) is 3.16. The van der Waals surface area contributed by atoms with Crippen LogP contribution < -0.4 is 10.6 Å². The number of ether oxygens (including phenoxy) is 1. The molecule has 0 radical (unpaired) electrons. The van der Waals surface area contributed by atoms with Crippen LogP contribution in [-0.2, 0) is 9.53 Å². The van der Waals surface area contributed by atoms with Crippen LogP contribution in [0.5, 0.6) is 0 Å². The molecule has 104 valence electrons. The topological polar surface area (TPSA) is 87.7 Å². The highest BCUT2D eigenvalue weighted by molar-refractivity contribution is 5.83. The molecule has 1 aromatic rings. The Labute approximate surface area is 111 Å². The zero-order chi connectivity index (χ0) is 14.1. The molecule has 2 amide bonds. The summed E-state index contributed by atoms with van der Waals surface area (Å²) in [6, 6.07) is 6.94. The van der Waals surface area contributed by atoms with Crippen LogP contribution in [0.3, 0.4) is 0 Å². The number of urea groups is 1. The van der Waals surface area contributed by atoms with Crippen molar-refractivity contribution in [3.8, 4) is 0 Å². The smallest absolute Gasteiger partial charge is 0.330 e. The summed E-state index contributed by atoms with van der Waals surface area (Å²) in [5.41, 5.74) is 0.523. The molecule has 0 aliphatic rings. The number of benzene rings is 1. The van der Waals surface area contributed by atoms with Crippen LogP contribution in [0, 0.1) is 0 Å². The third-order valence-corrected chi connectivity index (χ3v) is 2.39. The van der Waals surface area contributed by atoms with Crippen LogP contribution in [0.4, 0.5) is 4.79 Å². The van der Waals surface area contributed by atoms with Crippen LogP contribution in [0.2, 0.25) is 0 Å². The summed E-state index contributed by atoms with van der Waals surface area (Å²) in [7, 11) is 0. The Hall–Kier alpha value is -2.08. The van der Waals surface area contributed by atoms with Crippen molar-refractivity contribution in [3.63, 3.8) is 0 Å². The van der Waals surface area contributed by atoms with E-state index in [0.717, 1.165) is 0 Å². The summed E-state index contributed by atoms with van der Waals surface area (Å²) in [5, 5.41) is 14.1. The number of carboxylic acids is 1. The molecule has 0 saturated carbocycles. The first-order valence-electron chi connectivity index (χ1n) is 6.05. The lowest BCUT2D eigenvalue weighted by atomic mass is 10.1. The molecule has 6 nitrogen and oxygen atoms in total. The Kier molecular flexibility index (Phi) is 6.38. The molecule has 0 bridgehead atoms. The minimum atomic E-state index is -1.11. The molecule has 1 aromatic carbocycles. The van der Waals surface area contributed by atoms with Gasteiger partial charge in [-0.15, -0.1) is 0 Å². The van der Waals surface area contributed by atoms with Crippen LogP contribution in [-0.4, -0.2) is 36.9 Å². The first kappa shape index (κ1) is 15.0. The second-order valence-corrected chi connectivity index (χ2v) is 3.78. The average molecular weight is 266 g/mol. The van der Waals surface area contributed by atoms with Gasteiger partial charge in [0.2, 0.25) is 0 Å². The van der Waals surface area contributed by atoms with E-state index in [0.29, 0.717) is 25.3 Å². The fourth-order valence-electron chi connectivity index (χ4n) is 1.50. The fraction of sp³-hybridized carbons (Fsp3) is 0.385. The highest BCUT2D eigenvalue weighted by Crippen LogP contribution is 2.12. The second kappa shape index (κ2) is 8.10. The third-order valence-electron chi connectivity index (χ3n) is 2.39. The van der Waals surface area contributed by atoms with Gasteiger partial charge in [0.15, 0.2) is 6.04 Å². The molecular formula is C13H18N2O4. The van der Waals surface area contributed by atoms with Gasteiger partial charge >= 0.3 is 12.0 Å². The summed E-state index contributed by atoms with van der Waals surface area (Å²) in [5.74, 6) is -1.11. The van der Waals surface area contributed by atoms with Gasteiger partial charge in [-0.05, 0) is 12.5 Å². The molecular weight excluding hydrogens is 248 g/mol. The van der Waals surface area contributed by atoms with Crippen molar-refractivity contribution in [3.05, 3.63) is 35.9 Å². The Morgan fingerprint density at radius 2 is 2.00 bits per heavy atom. The van der Waals surface area contributed by atoms with Gasteiger partial charge in [0.25, 0.3) is 0 Å². The van der Waals surface area contributed by atoms with Crippen LogP contribution in [0.15, 0.2) is 30.3 Å². The van der Waals surface area contributed by atoms with Gasteiger partial charge in [-0.1, -0.05) is 30.3 Å². The molecule has 0 aromatic heterocycles. The lowest BCUT2D eigenvalue weighted by Gasteiger charge is -2.15. The molecule has 0 saturated heterocycles. The fourth-order valence-corrected chi connectivity index (χ4v) is 1.50. The largest absolute Gasteiger partial charge is 0.479 e. The van der Waals surface area contributed by atoms with Crippen molar-refractivity contribution in [2.45, 2.75) is 13.0 Å². The molecule has 19 heavy (non-hydrogen) atoms. The van der Waals surface area contributed by atoms with Crippen molar-refractivity contribution < 1.29 is 19.4 Å². The van der Waals surface area contributed by atoms with Crippen molar-refractivity contribution in [2.24, 2.45) is 0 Å². The predicted octanol–water partition coefficient (Wildman–Crippen LogP) is 1.15. The van der Waals surface area contributed by atoms with Gasteiger partial charge in [-0.2, -0.15) is 0 Å². The molecule has 3 N–H and O–H groups in total. The highest BCUT2D eigenvalue weighted by Gasteiger charge is 2.21. The monoisotopic (exact) mass is 266 g/mol. The van der Waals surface area contributed by atoms with Crippen molar-refractivity contribution in [1.29, 1.82) is 0 Å². The molecule has 6 heteroatoms. The molecule has 0 spiro atoms. The van der Waals surface area contributed by atoms with Crippen molar-refractivity contribution in [1.82, 2.24) is 10.6 Å². The van der Waals surface area contributed by atoms with Gasteiger partial charge < -0.3 is 20.5 Å². The number of amides is 2. The Bertz CT molecular complexity index is 408. The molecule has 0 aliphatic heterocycles. The Morgan fingerprint density at radius 3 is 2.58 bits per heavy atom. The molecule has 0 aliphatic carbocycles. The molecule has 0 fully saturated rings. The zero-order valence-corrected chi connectivity index (χ0v) is 10.8. The molecule has 1 atom stereocenters. The maximum absolute atomic E-state index is 11.6. The molecule has 0 unspecified atom stereocenters. The number of carbonyl (C=O) groups excluding carboxylic acids is 1. The van der Waals surface area contributed by atoms with Crippen LogP contribution >= 0.6 is 0 Å². The van der Waals surface area contributed by atoms with Gasteiger partial charge in [0.1, 0.15) is 0 Å². The molecule has 0 heterocycles. The number of hydrogen-bond acceptors (Lipinski definition) is 3. The van der Waals surface area contributed by atoms with E-state index < -0.39 is 18.0 Å². The van der Waals surface area contributed by atoms with E-state index in [1.807, 2.05) is 6.92 Å². The van der Waals surface area contributed by atoms with E-state index >= 15 is 0 Å². The quantitative estimate of drug-likeness (QED) is 0.646. The third kappa shape index (κ3) is 5.39. The number of hydrogen-bond donors (Lipinski definition) is 3. The van der Waals surface area contributed by atoms with E-state index in [2.05, 4.69) is 10.6 Å². The zero-order valence-electron chi connectivity index (χ0n) is 10.8. The maximum Gasteiger partial charge on any atom is 0.330 e. The minimum absolute atomic E-state index is 0.334. The molecule has 1 rings (SSSR count). The standard InChI is InChI=1S/C13H18N2O4/c1-2-19-9-8-14-13(18)15-11(12(16)17)10-6-4-3-5-7-10/h3-7,11H,2,8-9H2,1H3,(H,16,17)(H2,14,15,18)/t11-/m0/s1. The Morgan fingerprint density at radius 1 is 1.32 bits per heavy atom. The van der Waals surface area contributed by atoms with E-state index in [9.17, 15) is 9.59 Å². The average Bonchev–Trinajstić information content (AvgIpc) is 2.41. The second-order valence-electron chi connectivity index (χ2n) is 3.78. The lowest BCUT2D eigenvalue weighted by molar-refractivity contribution is -0.139. The maximum atomic E-state index is 11.6. The van der Waals surface area contributed by atoms with Gasteiger partial charge in [0.05, 0.1) is 6.61 Å². The summed E-state index contributed by atoms with van der Waals surface area (Å²) in [4.78, 5) is 22.7. The first-order valence-corrected chi connectivity index (χ1v) is 6.05. The van der Waals surface area contributed by atoms with E-state index in [1.165, 1.54) is 0 Å². The SMILES string of the molecule is CCOCCNC(=O)N[C@H](C(=O)O)c1ccccc1. The highest BCUT2D eigenvalue weighted by atomic mass is 16.5. The number of nitrogens with one attached hydrogen (secondary N) is 2. The van der Waals surface area contributed by atoms with Gasteiger partial charge in [-0.3, -0.25) is 0 Å². The summed E-state index contributed by atoms with van der Waals surface area (Å²) < 4.78 is 5.06. The number of aliphatic carboxylic acids is 1. The van der Waals surface area contributed by atoms with E-state index in [1.54, 1.807) is 30.3 Å². The van der Waals surface area contributed by atoms with Crippen LogP contribution in [0.25, 0.3) is 0 Å². The number of carboxylic acid groups (broad SMARTS) is 1. The van der Waals surface area contributed by atoms with E-state index in [4.69, 9.17) is 9.84 Å².